The molecule has 33 heavy (non-hydrogen) atoms. The van der Waals surface area contributed by atoms with Crippen molar-refractivity contribution < 1.29 is 9.90 Å². The summed E-state index contributed by atoms with van der Waals surface area (Å²) in [5.74, 6) is 1.89. The quantitative estimate of drug-likeness (QED) is 0.578. The average molecular weight is 448 g/mol. The lowest BCUT2D eigenvalue weighted by Gasteiger charge is -2.56. The summed E-state index contributed by atoms with van der Waals surface area (Å²) in [5, 5.41) is 11.2. The van der Waals surface area contributed by atoms with E-state index in [4.69, 9.17) is 0 Å². The summed E-state index contributed by atoms with van der Waals surface area (Å²) < 4.78 is 0. The second-order valence-electron chi connectivity index (χ2n) is 11.9. The number of carbonyl (C=O) groups is 1. The maximum absolute atomic E-state index is 12.2. The molecule has 3 nitrogen and oxygen atoms in total. The maximum Gasteiger partial charge on any atom is 0.156 e. The first kappa shape index (κ1) is 22.9. The zero-order valence-corrected chi connectivity index (χ0v) is 21.2. The Bertz CT molecular complexity index is 1000. The summed E-state index contributed by atoms with van der Waals surface area (Å²) in [7, 11) is 4.18. The highest BCUT2D eigenvalue weighted by atomic mass is 16.3. The molecule has 3 heteroatoms. The second kappa shape index (κ2) is 8.12. The Morgan fingerprint density at radius 3 is 2.48 bits per heavy atom. The molecule has 0 saturated heterocycles. The van der Waals surface area contributed by atoms with Crippen LogP contribution in [-0.4, -0.2) is 31.1 Å². The summed E-state index contributed by atoms with van der Waals surface area (Å²) in [5.41, 5.74) is 7.20. The number of ketones is 1. The number of aliphatic hydroxyl groups is 1. The van der Waals surface area contributed by atoms with E-state index in [-0.39, 0.29) is 16.9 Å². The highest BCUT2D eigenvalue weighted by Gasteiger charge is 2.63. The van der Waals surface area contributed by atoms with E-state index in [1.807, 2.05) is 6.08 Å². The van der Waals surface area contributed by atoms with Gasteiger partial charge in [0.2, 0.25) is 0 Å². The van der Waals surface area contributed by atoms with Gasteiger partial charge in [-0.05, 0) is 103 Å². The number of allylic oxidation sites excluding steroid dienone is 4. The molecule has 1 N–H and O–H groups in total. The Labute approximate surface area is 200 Å². The van der Waals surface area contributed by atoms with Gasteiger partial charge >= 0.3 is 0 Å². The zero-order chi connectivity index (χ0) is 23.5. The lowest BCUT2D eigenvalue weighted by atomic mass is 9.48. The molecule has 0 amide bonds. The van der Waals surface area contributed by atoms with Crippen molar-refractivity contribution in [1.82, 2.24) is 0 Å². The lowest BCUT2D eigenvalue weighted by Crippen LogP contribution is -2.51. The van der Waals surface area contributed by atoms with Crippen LogP contribution in [0.3, 0.4) is 0 Å². The summed E-state index contributed by atoms with van der Waals surface area (Å²) >= 11 is 0. The van der Waals surface area contributed by atoms with E-state index in [9.17, 15) is 9.90 Å². The highest BCUT2D eigenvalue weighted by molar-refractivity contribution is 5.93. The van der Waals surface area contributed by atoms with Gasteiger partial charge in [0, 0.05) is 32.1 Å². The Balaban J connectivity index is 1.66. The summed E-state index contributed by atoms with van der Waals surface area (Å²) in [6, 6.07) is 9.18. The normalized spacial score (nSPS) is 36.6. The fourth-order valence-electron chi connectivity index (χ4n) is 8.24. The van der Waals surface area contributed by atoms with Crippen LogP contribution in [0.4, 0.5) is 5.69 Å². The molecule has 0 aromatic heterocycles. The van der Waals surface area contributed by atoms with Gasteiger partial charge in [0.05, 0.1) is 6.10 Å². The van der Waals surface area contributed by atoms with Crippen molar-refractivity contribution in [3.8, 4) is 0 Å². The second-order valence-corrected chi connectivity index (χ2v) is 11.9. The number of hydrogen-bond acceptors (Lipinski definition) is 3. The monoisotopic (exact) mass is 447 g/mol. The maximum atomic E-state index is 12.2. The Morgan fingerprint density at radius 2 is 1.82 bits per heavy atom. The molecule has 0 spiro atoms. The first-order valence-corrected chi connectivity index (χ1v) is 13.1. The number of benzene rings is 1. The molecule has 2 fully saturated rings. The van der Waals surface area contributed by atoms with Crippen LogP contribution in [0.2, 0.25) is 0 Å². The number of anilines is 1. The Kier molecular flexibility index (Phi) is 5.63. The van der Waals surface area contributed by atoms with E-state index in [1.165, 1.54) is 28.8 Å². The Hall–Kier alpha value is -1.87. The molecule has 4 aliphatic rings. The van der Waals surface area contributed by atoms with Crippen LogP contribution >= 0.6 is 0 Å². The van der Waals surface area contributed by atoms with Gasteiger partial charge in [-0.15, -0.1) is 0 Å². The van der Waals surface area contributed by atoms with E-state index in [0.29, 0.717) is 30.0 Å². The predicted octanol–water partition coefficient (Wildman–Crippen LogP) is 6.43. The van der Waals surface area contributed by atoms with Crippen molar-refractivity contribution in [3.63, 3.8) is 0 Å². The molecular formula is C30H41NO2. The zero-order valence-electron chi connectivity index (χ0n) is 21.2. The van der Waals surface area contributed by atoms with Crippen molar-refractivity contribution in [2.24, 2.45) is 22.7 Å². The van der Waals surface area contributed by atoms with Crippen molar-refractivity contribution in [2.75, 3.05) is 19.0 Å². The van der Waals surface area contributed by atoms with Gasteiger partial charge in [0.15, 0.2) is 5.78 Å². The molecule has 178 valence electrons. The minimum atomic E-state index is -0.246. The van der Waals surface area contributed by atoms with Gasteiger partial charge in [-0.1, -0.05) is 38.5 Å². The molecule has 1 aromatic carbocycles. The van der Waals surface area contributed by atoms with Gasteiger partial charge in [-0.3, -0.25) is 4.79 Å². The molecule has 3 unspecified atom stereocenters. The number of hydrogen-bond donors (Lipinski definition) is 1. The highest BCUT2D eigenvalue weighted by Crippen LogP contribution is 2.70. The van der Waals surface area contributed by atoms with E-state index < -0.39 is 0 Å². The largest absolute Gasteiger partial charge is 0.393 e. The predicted molar refractivity (Wildman–Crippen MR) is 135 cm³/mol. The molecule has 0 radical (unpaired) electrons. The molecule has 4 aliphatic carbocycles. The third kappa shape index (κ3) is 3.37. The third-order valence-corrected chi connectivity index (χ3v) is 10.3. The molecule has 5 rings (SSSR count). The topological polar surface area (TPSA) is 40.5 Å². The third-order valence-electron chi connectivity index (χ3n) is 10.3. The number of nitrogens with zero attached hydrogens (tertiary/aromatic N) is 1. The van der Waals surface area contributed by atoms with E-state index in [2.05, 4.69) is 64.0 Å². The standard InChI is InChI=1S/C30H41NO2/c1-6-27(33)29(2)16-15-26-24-13-9-20-17-22(32)12-14-23(20)28(24)25(18-30(26,29)3)19-7-10-21(11-8-19)31(4)5/h7-8,10-11,17,24-27,33H,6,9,12-16,18H2,1-5H3/t24?,25-,26?,27?,29-,30+/m1/s1. The van der Waals surface area contributed by atoms with Crippen LogP contribution in [0.5, 0.6) is 0 Å². The van der Waals surface area contributed by atoms with Gasteiger partial charge in [-0.2, -0.15) is 0 Å². The van der Waals surface area contributed by atoms with E-state index >= 15 is 0 Å². The van der Waals surface area contributed by atoms with Crippen LogP contribution in [0.15, 0.2) is 47.1 Å². The van der Waals surface area contributed by atoms with Gasteiger partial charge in [0.1, 0.15) is 0 Å². The van der Waals surface area contributed by atoms with Crippen LogP contribution in [0.1, 0.15) is 83.6 Å². The first-order chi connectivity index (χ1) is 15.7. The SMILES string of the molecule is CCC(O)[C@@]1(C)CCC2C3CCC4=CC(=O)CCC4=C3[C@@H](c3ccc(N(C)C)cc3)C[C@@]21C. The lowest BCUT2D eigenvalue weighted by molar-refractivity contribution is -0.114. The summed E-state index contributed by atoms with van der Waals surface area (Å²) in [4.78, 5) is 14.4. The fourth-order valence-corrected chi connectivity index (χ4v) is 8.24. The molecule has 0 heterocycles. The van der Waals surface area contributed by atoms with Crippen LogP contribution < -0.4 is 4.90 Å². The Morgan fingerprint density at radius 1 is 1.09 bits per heavy atom. The van der Waals surface area contributed by atoms with Crippen molar-refractivity contribution in [2.45, 2.75) is 84.2 Å². The first-order valence-electron chi connectivity index (χ1n) is 13.1. The van der Waals surface area contributed by atoms with Gasteiger partial charge in [-0.25, -0.2) is 0 Å². The van der Waals surface area contributed by atoms with Gasteiger partial charge < -0.3 is 10.0 Å². The van der Waals surface area contributed by atoms with Crippen molar-refractivity contribution in [3.05, 3.63) is 52.6 Å². The molecule has 6 atom stereocenters. The number of fused-ring (bicyclic) bond motifs is 4. The van der Waals surface area contributed by atoms with Crippen LogP contribution in [0, 0.1) is 22.7 Å². The van der Waals surface area contributed by atoms with E-state index in [1.54, 1.807) is 5.57 Å². The number of rotatable bonds is 4. The van der Waals surface area contributed by atoms with E-state index in [0.717, 1.165) is 38.5 Å². The number of carbonyl (C=O) groups excluding carboxylic acids is 1. The molecule has 0 bridgehead atoms. The fraction of sp³-hybridized carbons (Fsp3) is 0.633. The van der Waals surface area contributed by atoms with Crippen LogP contribution in [-0.2, 0) is 4.79 Å². The minimum Gasteiger partial charge on any atom is -0.393 e. The summed E-state index contributed by atoms with van der Waals surface area (Å²) in [6.45, 7) is 7.01. The molecule has 1 aromatic rings. The minimum absolute atomic E-state index is 0.0386. The molecular weight excluding hydrogens is 406 g/mol. The average Bonchev–Trinajstić information content (AvgIpc) is 3.09. The van der Waals surface area contributed by atoms with Gasteiger partial charge in [0.25, 0.3) is 0 Å². The van der Waals surface area contributed by atoms with Crippen molar-refractivity contribution in [1.29, 1.82) is 0 Å². The van der Waals surface area contributed by atoms with Crippen molar-refractivity contribution >= 4 is 11.5 Å². The smallest absolute Gasteiger partial charge is 0.156 e. The molecule has 0 aliphatic heterocycles. The van der Waals surface area contributed by atoms with Crippen LogP contribution in [0.25, 0.3) is 0 Å². The summed E-state index contributed by atoms with van der Waals surface area (Å²) in [6.07, 6.45) is 9.76. The number of aliphatic hydroxyl groups excluding tert-OH is 1. The molecule has 2 saturated carbocycles.